The highest BCUT2D eigenvalue weighted by Gasteiger charge is 2.30. The molecule has 0 aliphatic carbocycles. The zero-order valence-electron chi connectivity index (χ0n) is 9.38. The summed E-state index contributed by atoms with van der Waals surface area (Å²) in [5.74, 6) is -0.410. The maximum atomic E-state index is 11.0. The maximum absolute atomic E-state index is 11.0. The first-order valence-corrected chi connectivity index (χ1v) is 5.22. The van der Waals surface area contributed by atoms with E-state index in [1.165, 1.54) is 0 Å². The van der Waals surface area contributed by atoms with Crippen molar-refractivity contribution in [3.63, 3.8) is 0 Å². The molecular formula is C10H22N2O2. The third-order valence-electron chi connectivity index (χ3n) is 2.74. The predicted molar refractivity (Wildman–Crippen MR) is 56.7 cm³/mol. The van der Waals surface area contributed by atoms with E-state index >= 15 is 0 Å². The van der Waals surface area contributed by atoms with Gasteiger partial charge in [-0.2, -0.15) is 0 Å². The van der Waals surface area contributed by atoms with Gasteiger partial charge in [-0.15, -0.1) is 0 Å². The molecule has 0 bridgehead atoms. The standard InChI is InChI=1S/C10H22N2O2/c1-4-8(9(12)13)14-10(5-2,6-3)7-11/h8H,4-7,11H2,1-3H3,(H2,12,13). The summed E-state index contributed by atoms with van der Waals surface area (Å²) in [6.07, 6.45) is 1.67. The monoisotopic (exact) mass is 202 g/mol. The summed E-state index contributed by atoms with van der Waals surface area (Å²) in [6, 6.07) is 0. The largest absolute Gasteiger partial charge is 0.367 e. The minimum atomic E-state index is -0.515. The predicted octanol–water partition coefficient (Wildman–Crippen LogP) is 0.784. The molecule has 1 unspecified atom stereocenters. The van der Waals surface area contributed by atoms with E-state index in [0.29, 0.717) is 13.0 Å². The summed E-state index contributed by atoms with van der Waals surface area (Å²) in [5, 5.41) is 0. The molecule has 0 aliphatic rings. The first-order valence-electron chi connectivity index (χ1n) is 5.22. The van der Waals surface area contributed by atoms with Crippen LogP contribution in [0.5, 0.6) is 0 Å². The second kappa shape index (κ2) is 5.98. The molecule has 1 atom stereocenters. The average molecular weight is 202 g/mol. The van der Waals surface area contributed by atoms with Gasteiger partial charge in [-0.25, -0.2) is 0 Å². The molecule has 4 nitrogen and oxygen atoms in total. The van der Waals surface area contributed by atoms with Crippen LogP contribution in [0.2, 0.25) is 0 Å². The molecule has 0 saturated heterocycles. The number of hydrogen-bond acceptors (Lipinski definition) is 3. The first-order chi connectivity index (χ1) is 6.55. The average Bonchev–Trinajstić information content (AvgIpc) is 2.20. The Kier molecular flexibility index (Phi) is 5.72. The lowest BCUT2D eigenvalue weighted by Crippen LogP contribution is -2.46. The third kappa shape index (κ3) is 3.27. The Labute approximate surface area is 86.0 Å². The fraction of sp³-hybridized carbons (Fsp3) is 0.900. The van der Waals surface area contributed by atoms with E-state index in [2.05, 4.69) is 0 Å². The SMILES string of the molecule is CCC(OC(CC)(CC)CN)C(N)=O. The van der Waals surface area contributed by atoms with Crippen molar-refractivity contribution < 1.29 is 9.53 Å². The number of primary amides is 1. The molecular weight excluding hydrogens is 180 g/mol. The van der Waals surface area contributed by atoms with Crippen molar-refractivity contribution in [2.45, 2.75) is 51.7 Å². The zero-order chi connectivity index (χ0) is 11.2. The van der Waals surface area contributed by atoms with Crippen LogP contribution in [0.4, 0.5) is 0 Å². The van der Waals surface area contributed by atoms with Gasteiger partial charge in [0.25, 0.3) is 0 Å². The summed E-state index contributed by atoms with van der Waals surface area (Å²) in [7, 11) is 0. The number of carbonyl (C=O) groups excluding carboxylic acids is 1. The van der Waals surface area contributed by atoms with E-state index < -0.39 is 17.6 Å². The highest BCUT2D eigenvalue weighted by Crippen LogP contribution is 2.21. The first kappa shape index (κ1) is 13.4. The van der Waals surface area contributed by atoms with Crippen molar-refractivity contribution in [2.24, 2.45) is 11.5 Å². The quantitative estimate of drug-likeness (QED) is 0.640. The van der Waals surface area contributed by atoms with Crippen molar-refractivity contribution in [1.29, 1.82) is 0 Å². The maximum Gasteiger partial charge on any atom is 0.246 e. The van der Waals surface area contributed by atoms with E-state index in [1.807, 2.05) is 20.8 Å². The van der Waals surface area contributed by atoms with Crippen LogP contribution in [-0.2, 0) is 9.53 Å². The second-order valence-electron chi connectivity index (χ2n) is 3.51. The summed E-state index contributed by atoms with van der Waals surface area (Å²) in [5.41, 5.74) is 10.5. The van der Waals surface area contributed by atoms with Gasteiger partial charge >= 0.3 is 0 Å². The Hall–Kier alpha value is -0.610. The molecule has 0 radical (unpaired) electrons. The van der Waals surface area contributed by atoms with Crippen molar-refractivity contribution in [3.8, 4) is 0 Å². The molecule has 0 aromatic heterocycles. The molecule has 4 N–H and O–H groups in total. The lowest BCUT2D eigenvalue weighted by atomic mass is 9.97. The van der Waals surface area contributed by atoms with Gasteiger partial charge in [0.15, 0.2) is 0 Å². The lowest BCUT2D eigenvalue weighted by molar-refractivity contribution is -0.145. The molecule has 0 aromatic rings. The van der Waals surface area contributed by atoms with Crippen molar-refractivity contribution in [3.05, 3.63) is 0 Å². The fourth-order valence-electron chi connectivity index (χ4n) is 1.40. The van der Waals surface area contributed by atoms with Crippen molar-refractivity contribution in [1.82, 2.24) is 0 Å². The second-order valence-corrected chi connectivity index (χ2v) is 3.51. The molecule has 0 heterocycles. The molecule has 14 heavy (non-hydrogen) atoms. The van der Waals surface area contributed by atoms with Gasteiger partial charge in [-0.3, -0.25) is 4.79 Å². The number of amides is 1. The van der Waals surface area contributed by atoms with E-state index in [9.17, 15) is 4.79 Å². The summed E-state index contributed by atoms with van der Waals surface area (Å²) >= 11 is 0. The van der Waals surface area contributed by atoms with Crippen LogP contribution < -0.4 is 11.5 Å². The van der Waals surface area contributed by atoms with Gasteiger partial charge in [0.1, 0.15) is 6.10 Å². The molecule has 0 spiro atoms. The molecule has 84 valence electrons. The molecule has 0 fully saturated rings. The Balaban J connectivity index is 4.47. The van der Waals surface area contributed by atoms with Gasteiger partial charge in [0.05, 0.1) is 5.60 Å². The molecule has 1 amide bonds. The molecule has 0 rings (SSSR count). The lowest BCUT2D eigenvalue weighted by Gasteiger charge is -2.33. The topological polar surface area (TPSA) is 78.3 Å². The molecule has 0 saturated carbocycles. The van der Waals surface area contributed by atoms with Crippen LogP contribution in [0, 0.1) is 0 Å². The van der Waals surface area contributed by atoms with Crippen LogP contribution in [-0.4, -0.2) is 24.2 Å². The van der Waals surface area contributed by atoms with Crippen molar-refractivity contribution >= 4 is 5.91 Å². The normalized spacial score (nSPS) is 14.0. The summed E-state index contributed by atoms with van der Waals surface area (Å²) in [4.78, 5) is 11.0. The smallest absolute Gasteiger partial charge is 0.246 e. The van der Waals surface area contributed by atoms with Crippen LogP contribution in [0.15, 0.2) is 0 Å². The highest BCUT2D eigenvalue weighted by molar-refractivity contribution is 5.78. The van der Waals surface area contributed by atoms with Crippen LogP contribution in [0.1, 0.15) is 40.0 Å². The van der Waals surface area contributed by atoms with Crippen LogP contribution >= 0.6 is 0 Å². The molecule has 0 aromatic carbocycles. The third-order valence-corrected chi connectivity index (χ3v) is 2.74. The Bertz CT molecular complexity index is 171. The fourth-order valence-corrected chi connectivity index (χ4v) is 1.40. The molecule has 4 heteroatoms. The van der Waals surface area contributed by atoms with Gasteiger partial charge in [0, 0.05) is 6.54 Å². The number of ether oxygens (including phenoxy) is 1. The Morgan fingerprint density at radius 1 is 1.36 bits per heavy atom. The van der Waals surface area contributed by atoms with Gasteiger partial charge in [-0.05, 0) is 19.3 Å². The van der Waals surface area contributed by atoms with Crippen molar-refractivity contribution in [2.75, 3.05) is 6.54 Å². The van der Waals surface area contributed by atoms with Crippen LogP contribution in [0.3, 0.4) is 0 Å². The zero-order valence-corrected chi connectivity index (χ0v) is 9.38. The van der Waals surface area contributed by atoms with E-state index in [-0.39, 0.29) is 0 Å². The Morgan fingerprint density at radius 3 is 2.07 bits per heavy atom. The summed E-state index contributed by atoms with van der Waals surface area (Å²) in [6.45, 7) is 6.31. The highest BCUT2D eigenvalue weighted by atomic mass is 16.5. The number of rotatable bonds is 7. The van der Waals surface area contributed by atoms with E-state index in [1.54, 1.807) is 0 Å². The van der Waals surface area contributed by atoms with E-state index in [0.717, 1.165) is 12.8 Å². The minimum absolute atomic E-state index is 0.393. The van der Waals surface area contributed by atoms with E-state index in [4.69, 9.17) is 16.2 Å². The number of nitrogens with two attached hydrogens (primary N) is 2. The Morgan fingerprint density at radius 2 is 1.86 bits per heavy atom. The van der Waals surface area contributed by atoms with Gasteiger partial charge < -0.3 is 16.2 Å². The van der Waals surface area contributed by atoms with Crippen LogP contribution in [0.25, 0.3) is 0 Å². The summed E-state index contributed by atoms with van der Waals surface area (Å²) < 4.78 is 5.70. The van der Waals surface area contributed by atoms with Gasteiger partial charge in [0.2, 0.25) is 5.91 Å². The minimum Gasteiger partial charge on any atom is -0.367 e. The molecule has 0 aliphatic heterocycles. The van der Waals surface area contributed by atoms with Gasteiger partial charge in [-0.1, -0.05) is 20.8 Å². The number of carbonyl (C=O) groups is 1. The number of hydrogen-bond donors (Lipinski definition) is 2.